The van der Waals surface area contributed by atoms with Crippen LogP contribution in [0.2, 0.25) is 0 Å². The van der Waals surface area contributed by atoms with Crippen LogP contribution in [0.5, 0.6) is 0 Å². The van der Waals surface area contributed by atoms with Crippen molar-refractivity contribution in [2.45, 2.75) is 17.6 Å². The van der Waals surface area contributed by atoms with Crippen LogP contribution in [0.15, 0.2) is 39.8 Å². The predicted octanol–water partition coefficient (Wildman–Crippen LogP) is 3.25. The van der Waals surface area contributed by atoms with E-state index in [4.69, 9.17) is 14.9 Å². The second-order valence-electron chi connectivity index (χ2n) is 4.06. The Morgan fingerprint density at radius 1 is 1.42 bits per heavy atom. The number of benzene rings is 1. The third-order valence-corrected chi connectivity index (χ3v) is 3.88. The number of nitrogens with two attached hydrogens (primary N) is 1. The van der Waals surface area contributed by atoms with Gasteiger partial charge in [-0.05, 0) is 30.7 Å². The van der Waals surface area contributed by atoms with Crippen molar-refractivity contribution in [3.8, 4) is 0 Å². The first kappa shape index (κ1) is 13.5. The fourth-order valence-electron chi connectivity index (χ4n) is 1.66. The monoisotopic (exact) mass is 277 g/mol. The number of furan rings is 1. The molecule has 2 N–H and O–H groups in total. The summed E-state index contributed by atoms with van der Waals surface area (Å²) in [4.78, 5) is 12.6. The molecular weight excluding hydrogens is 262 g/mol. The van der Waals surface area contributed by atoms with E-state index in [2.05, 4.69) is 0 Å². The number of rotatable bonds is 4. The van der Waals surface area contributed by atoms with E-state index in [0.717, 1.165) is 16.1 Å². The number of ether oxygens (including phenoxy) is 1. The maximum Gasteiger partial charge on any atom is 0.341 e. The van der Waals surface area contributed by atoms with Crippen molar-refractivity contribution in [1.29, 1.82) is 0 Å². The Hall–Kier alpha value is -1.88. The molecule has 2 aromatic rings. The van der Waals surface area contributed by atoms with Crippen molar-refractivity contribution < 1.29 is 13.9 Å². The lowest BCUT2D eigenvalue weighted by Crippen LogP contribution is -2.02. The van der Waals surface area contributed by atoms with Gasteiger partial charge in [-0.1, -0.05) is 6.07 Å². The van der Waals surface area contributed by atoms with E-state index in [0.29, 0.717) is 17.1 Å². The van der Waals surface area contributed by atoms with Gasteiger partial charge in [0.05, 0.1) is 19.1 Å². The smallest absolute Gasteiger partial charge is 0.341 e. The average molecular weight is 277 g/mol. The predicted molar refractivity (Wildman–Crippen MR) is 75.2 cm³/mol. The molecule has 100 valence electrons. The van der Waals surface area contributed by atoms with Gasteiger partial charge in [0.15, 0.2) is 0 Å². The van der Waals surface area contributed by atoms with Crippen LogP contribution in [0.4, 0.5) is 5.69 Å². The van der Waals surface area contributed by atoms with Gasteiger partial charge in [0.1, 0.15) is 11.3 Å². The molecular formula is C14H15NO3S. The van der Waals surface area contributed by atoms with Crippen molar-refractivity contribution in [3.63, 3.8) is 0 Å². The lowest BCUT2D eigenvalue weighted by Gasteiger charge is -2.06. The first-order valence-electron chi connectivity index (χ1n) is 5.75. The van der Waals surface area contributed by atoms with E-state index < -0.39 is 0 Å². The highest BCUT2D eigenvalue weighted by Crippen LogP contribution is 2.29. The highest BCUT2D eigenvalue weighted by atomic mass is 32.2. The Morgan fingerprint density at radius 2 is 2.21 bits per heavy atom. The summed E-state index contributed by atoms with van der Waals surface area (Å²) in [7, 11) is 1.36. The molecule has 0 aliphatic rings. The van der Waals surface area contributed by atoms with Crippen LogP contribution < -0.4 is 5.73 Å². The molecule has 0 atom stereocenters. The highest BCUT2D eigenvalue weighted by Gasteiger charge is 2.15. The number of esters is 1. The molecule has 1 aromatic heterocycles. The number of anilines is 1. The van der Waals surface area contributed by atoms with E-state index >= 15 is 0 Å². The molecule has 0 fully saturated rings. The first-order chi connectivity index (χ1) is 9.11. The summed E-state index contributed by atoms with van der Waals surface area (Å²) in [5, 5.41) is 0. The fraction of sp³-hybridized carbons (Fsp3) is 0.214. The van der Waals surface area contributed by atoms with Crippen molar-refractivity contribution in [3.05, 3.63) is 47.4 Å². The zero-order valence-electron chi connectivity index (χ0n) is 10.8. The van der Waals surface area contributed by atoms with E-state index in [1.54, 1.807) is 17.8 Å². The maximum atomic E-state index is 11.5. The summed E-state index contributed by atoms with van der Waals surface area (Å²) in [6, 6.07) is 7.38. The summed E-state index contributed by atoms with van der Waals surface area (Å²) in [6.45, 7) is 2.02. The number of hydrogen-bond donors (Lipinski definition) is 1. The lowest BCUT2D eigenvalue weighted by molar-refractivity contribution is 0.0598. The van der Waals surface area contributed by atoms with Gasteiger partial charge < -0.3 is 14.9 Å². The van der Waals surface area contributed by atoms with Gasteiger partial charge in [-0.2, -0.15) is 0 Å². The van der Waals surface area contributed by atoms with Crippen molar-refractivity contribution >= 4 is 23.4 Å². The van der Waals surface area contributed by atoms with Gasteiger partial charge in [0, 0.05) is 10.6 Å². The molecule has 0 unspecified atom stereocenters. The Labute approximate surface area is 115 Å². The minimum Gasteiger partial charge on any atom is -0.468 e. The minimum absolute atomic E-state index is 0.381. The van der Waals surface area contributed by atoms with Crippen LogP contribution in [0.3, 0.4) is 0 Å². The van der Waals surface area contributed by atoms with Crippen LogP contribution in [0, 0.1) is 6.92 Å². The van der Waals surface area contributed by atoms with E-state index in [1.807, 2.05) is 25.1 Å². The molecule has 2 rings (SSSR count). The van der Waals surface area contributed by atoms with Crippen LogP contribution in [0.25, 0.3) is 0 Å². The third kappa shape index (κ3) is 3.12. The van der Waals surface area contributed by atoms with Crippen LogP contribution in [0.1, 0.15) is 21.7 Å². The standard InChI is InChI=1S/C14H15NO3S/c1-9-3-4-10(15)7-13(9)19-8-12-11(5-6-18-12)14(16)17-2/h3-7H,8,15H2,1-2H3. The van der Waals surface area contributed by atoms with Crippen molar-refractivity contribution in [2.75, 3.05) is 12.8 Å². The summed E-state index contributed by atoms with van der Waals surface area (Å²) in [6.07, 6.45) is 1.49. The summed E-state index contributed by atoms with van der Waals surface area (Å²) in [5.41, 5.74) is 8.10. The topological polar surface area (TPSA) is 65.5 Å². The van der Waals surface area contributed by atoms with E-state index in [9.17, 15) is 4.79 Å². The summed E-state index contributed by atoms with van der Waals surface area (Å²) >= 11 is 1.58. The summed E-state index contributed by atoms with van der Waals surface area (Å²) < 4.78 is 10.0. The molecule has 0 aliphatic carbocycles. The molecule has 1 heterocycles. The first-order valence-corrected chi connectivity index (χ1v) is 6.74. The zero-order valence-corrected chi connectivity index (χ0v) is 11.6. The van der Waals surface area contributed by atoms with Crippen LogP contribution >= 0.6 is 11.8 Å². The second-order valence-corrected chi connectivity index (χ2v) is 5.08. The van der Waals surface area contributed by atoms with E-state index in [1.165, 1.54) is 13.4 Å². The molecule has 4 nitrogen and oxygen atoms in total. The van der Waals surface area contributed by atoms with Gasteiger partial charge >= 0.3 is 5.97 Å². The van der Waals surface area contributed by atoms with Gasteiger partial charge in [-0.25, -0.2) is 4.79 Å². The zero-order chi connectivity index (χ0) is 13.8. The van der Waals surface area contributed by atoms with Crippen molar-refractivity contribution in [2.24, 2.45) is 0 Å². The molecule has 0 amide bonds. The van der Waals surface area contributed by atoms with Crippen molar-refractivity contribution in [1.82, 2.24) is 0 Å². The third-order valence-electron chi connectivity index (χ3n) is 2.72. The van der Waals surface area contributed by atoms with Gasteiger partial charge in [-0.3, -0.25) is 0 Å². The fourth-order valence-corrected chi connectivity index (χ4v) is 2.68. The number of carbonyl (C=O) groups is 1. The Kier molecular flexibility index (Phi) is 4.16. The number of methoxy groups -OCH3 is 1. The minimum atomic E-state index is -0.381. The molecule has 5 heteroatoms. The number of nitrogen functional groups attached to an aromatic ring is 1. The second kappa shape index (κ2) is 5.84. The van der Waals surface area contributed by atoms with Gasteiger partial charge in [-0.15, -0.1) is 11.8 Å². The molecule has 0 bridgehead atoms. The number of hydrogen-bond acceptors (Lipinski definition) is 5. The Morgan fingerprint density at radius 3 is 2.95 bits per heavy atom. The summed E-state index contributed by atoms with van der Waals surface area (Å²) in [5.74, 6) is 0.786. The lowest BCUT2D eigenvalue weighted by atomic mass is 10.2. The van der Waals surface area contributed by atoms with E-state index in [-0.39, 0.29) is 5.97 Å². The number of carbonyl (C=O) groups excluding carboxylic acids is 1. The molecule has 0 saturated heterocycles. The normalized spacial score (nSPS) is 10.4. The molecule has 1 aromatic carbocycles. The molecule has 0 aliphatic heterocycles. The van der Waals surface area contributed by atoms with Gasteiger partial charge in [0.2, 0.25) is 0 Å². The van der Waals surface area contributed by atoms with Gasteiger partial charge in [0.25, 0.3) is 0 Å². The average Bonchev–Trinajstić information content (AvgIpc) is 2.87. The van der Waals surface area contributed by atoms with Crippen LogP contribution in [-0.2, 0) is 10.5 Å². The Balaban J connectivity index is 2.13. The molecule has 19 heavy (non-hydrogen) atoms. The van der Waals surface area contributed by atoms with Crippen LogP contribution in [-0.4, -0.2) is 13.1 Å². The Bertz CT molecular complexity index is 592. The number of thioether (sulfide) groups is 1. The highest BCUT2D eigenvalue weighted by molar-refractivity contribution is 7.98. The quantitative estimate of drug-likeness (QED) is 0.528. The molecule has 0 spiro atoms. The molecule has 0 radical (unpaired) electrons. The SMILES string of the molecule is COC(=O)c1ccoc1CSc1cc(N)ccc1C. The largest absolute Gasteiger partial charge is 0.468 e. The number of aryl methyl sites for hydroxylation is 1. The maximum absolute atomic E-state index is 11.5. The molecule has 0 saturated carbocycles.